The summed E-state index contributed by atoms with van der Waals surface area (Å²) in [6, 6.07) is 5.81. The molecule has 3 aromatic rings. The summed E-state index contributed by atoms with van der Waals surface area (Å²) in [4.78, 5) is 33.3. The van der Waals surface area contributed by atoms with E-state index in [0.717, 1.165) is 24.3 Å². The van der Waals surface area contributed by atoms with Crippen LogP contribution in [-0.4, -0.2) is 56.3 Å². The predicted molar refractivity (Wildman–Crippen MR) is 130 cm³/mol. The number of ether oxygens (including phenoxy) is 1. The van der Waals surface area contributed by atoms with Gasteiger partial charge in [-0.25, -0.2) is 13.8 Å². The summed E-state index contributed by atoms with van der Waals surface area (Å²) in [6.07, 6.45) is 2.54. The molecule has 4 N–H and O–H groups in total. The molecule has 11 heteroatoms. The number of aromatic nitrogens is 2. The zero-order chi connectivity index (χ0) is 27.2. The third-order valence-corrected chi connectivity index (χ3v) is 7.12. The van der Waals surface area contributed by atoms with Crippen molar-refractivity contribution < 1.29 is 38.4 Å². The molecular weight excluding hydrogens is 500 g/mol. The Morgan fingerprint density at radius 3 is 2.61 bits per heavy atom. The topological polar surface area (TPSA) is 142 Å². The Bertz CT molecular complexity index is 1400. The molecule has 3 atom stereocenters. The maximum atomic E-state index is 15.0. The van der Waals surface area contributed by atoms with Crippen LogP contribution in [-0.2, 0) is 15.1 Å². The Kier molecular flexibility index (Phi) is 6.68. The number of Topliss-reactive ketones (excluding diaryl/α,β-unsaturated/α-hetero) is 1. The highest BCUT2D eigenvalue weighted by molar-refractivity contribution is 6.03. The highest BCUT2D eigenvalue weighted by Gasteiger charge is 2.39. The number of benzene rings is 1. The highest BCUT2D eigenvalue weighted by Crippen LogP contribution is 2.39. The van der Waals surface area contributed by atoms with E-state index in [1.165, 1.54) is 12.4 Å². The van der Waals surface area contributed by atoms with Gasteiger partial charge in [-0.1, -0.05) is 6.92 Å². The van der Waals surface area contributed by atoms with E-state index < -0.39 is 46.3 Å². The summed E-state index contributed by atoms with van der Waals surface area (Å²) in [5.41, 5.74) is -1.80. The van der Waals surface area contributed by atoms with Gasteiger partial charge in [0.05, 0.1) is 30.7 Å². The largest absolute Gasteiger partial charge is 0.507 e. The Hall–Kier alpha value is -3.80. The Morgan fingerprint density at radius 2 is 1.95 bits per heavy atom. The number of amides is 1. The van der Waals surface area contributed by atoms with E-state index in [4.69, 9.17) is 4.74 Å². The average molecular weight is 526 g/mol. The highest BCUT2D eigenvalue weighted by atomic mass is 19.1. The Labute approximate surface area is 216 Å². The molecule has 1 saturated carbocycles. The van der Waals surface area contributed by atoms with Crippen LogP contribution < -0.4 is 5.32 Å². The number of carbonyl (C=O) groups is 2. The number of anilines is 1. The van der Waals surface area contributed by atoms with Gasteiger partial charge in [0.25, 0.3) is 5.91 Å². The summed E-state index contributed by atoms with van der Waals surface area (Å²) in [7, 11) is 0. The number of rotatable bonds is 5. The molecular formula is C27H25F2N3O6. The van der Waals surface area contributed by atoms with Crippen molar-refractivity contribution in [3.8, 4) is 17.0 Å². The van der Waals surface area contributed by atoms with E-state index in [9.17, 15) is 29.3 Å². The van der Waals surface area contributed by atoms with Crippen molar-refractivity contribution in [2.75, 3.05) is 18.5 Å². The molecule has 1 aromatic carbocycles. The SMILES string of the molecule is C[C@@H]1C[C@H](c2ccncc2NC(=O)c2ccc(F)c(-c3c(O)cc(C4(O)COC4)cc3F)n2)CC(=O)C1O. The third kappa shape index (κ3) is 4.64. The predicted octanol–water partition coefficient (Wildman–Crippen LogP) is 3.04. The van der Waals surface area contributed by atoms with Crippen LogP contribution in [0.5, 0.6) is 5.75 Å². The number of pyridine rings is 2. The molecule has 3 heterocycles. The number of phenols is 1. The second-order valence-electron chi connectivity index (χ2n) is 9.85. The standard InChI is InChI=1S/C27H25F2N3O6/c1-13-6-14(7-22(34)25(13)35)16-4-5-30-10-20(16)32-26(36)19-3-2-17(28)24(31-19)23-18(29)8-15(9-21(23)33)27(37)11-38-12-27/h2-5,8-10,13-14,25,33,35,37H,6-7,11-12H2,1H3,(H,32,36)/t13-,14+,25?/m1/s1. The fourth-order valence-corrected chi connectivity index (χ4v) is 4.93. The van der Waals surface area contributed by atoms with Crippen LogP contribution in [0.2, 0.25) is 0 Å². The quantitative estimate of drug-likeness (QED) is 0.398. The first kappa shape index (κ1) is 25.8. The molecule has 5 rings (SSSR count). The Morgan fingerprint density at radius 1 is 1.18 bits per heavy atom. The fourth-order valence-electron chi connectivity index (χ4n) is 4.93. The van der Waals surface area contributed by atoms with E-state index in [-0.39, 0.29) is 48.5 Å². The van der Waals surface area contributed by atoms with E-state index in [0.29, 0.717) is 17.7 Å². The number of hydrogen-bond donors (Lipinski definition) is 4. The minimum absolute atomic E-state index is 0.0711. The molecule has 2 aromatic heterocycles. The average Bonchev–Trinajstić information content (AvgIpc) is 2.86. The van der Waals surface area contributed by atoms with Gasteiger partial charge in [-0.15, -0.1) is 0 Å². The molecule has 2 fully saturated rings. The zero-order valence-corrected chi connectivity index (χ0v) is 20.3. The van der Waals surface area contributed by atoms with Crippen molar-refractivity contribution in [1.82, 2.24) is 9.97 Å². The van der Waals surface area contributed by atoms with Gasteiger partial charge < -0.3 is 25.4 Å². The van der Waals surface area contributed by atoms with Crippen molar-refractivity contribution >= 4 is 17.4 Å². The number of phenolic OH excluding ortho intramolecular Hbond substituents is 1. The Balaban J connectivity index is 1.43. The molecule has 2 aliphatic rings. The van der Waals surface area contributed by atoms with Gasteiger partial charge in [0.2, 0.25) is 0 Å². The molecule has 198 valence electrons. The normalized spacial score (nSPS) is 22.6. The van der Waals surface area contributed by atoms with Crippen LogP contribution in [0.4, 0.5) is 14.5 Å². The first-order valence-corrected chi connectivity index (χ1v) is 12.0. The van der Waals surface area contributed by atoms with Gasteiger partial charge in [0, 0.05) is 12.6 Å². The number of carbonyl (C=O) groups excluding carboxylic acids is 2. The van der Waals surface area contributed by atoms with Gasteiger partial charge in [-0.2, -0.15) is 0 Å². The van der Waals surface area contributed by atoms with Crippen LogP contribution in [0.15, 0.2) is 42.7 Å². The number of nitrogens with one attached hydrogen (secondary N) is 1. The molecule has 1 aliphatic carbocycles. The summed E-state index contributed by atoms with van der Waals surface area (Å²) in [5.74, 6) is -4.19. The molecule has 0 spiro atoms. The van der Waals surface area contributed by atoms with Gasteiger partial charge in [-0.05, 0) is 59.7 Å². The minimum Gasteiger partial charge on any atom is -0.507 e. The molecule has 1 amide bonds. The van der Waals surface area contributed by atoms with Crippen molar-refractivity contribution in [3.05, 3.63) is 71.2 Å². The summed E-state index contributed by atoms with van der Waals surface area (Å²) in [5, 5.41) is 33.5. The number of aliphatic hydroxyl groups is 2. The number of aliphatic hydroxyl groups excluding tert-OH is 1. The smallest absolute Gasteiger partial charge is 0.274 e. The summed E-state index contributed by atoms with van der Waals surface area (Å²) in [6.45, 7) is 1.64. The number of hydrogen-bond acceptors (Lipinski definition) is 8. The second kappa shape index (κ2) is 9.82. The molecule has 38 heavy (non-hydrogen) atoms. The molecule has 0 bridgehead atoms. The van der Waals surface area contributed by atoms with Crippen molar-refractivity contribution in [3.63, 3.8) is 0 Å². The lowest BCUT2D eigenvalue weighted by Crippen LogP contribution is -2.46. The number of halogens is 2. The van der Waals surface area contributed by atoms with Crippen LogP contribution >= 0.6 is 0 Å². The lowest BCUT2D eigenvalue weighted by atomic mass is 9.76. The lowest BCUT2D eigenvalue weighted by molar-refractivity contribution is -0.184. The van der Waals surface area contributed by atoms with E-state index in [1.54, 1.807) is 13.0 Å². The van der Waals surface area contributed by atoms with Crippen LogP contribution in [0.3, 0.4) is 0 Å². The van der Waals surface area contributed by atoms with Crippen LogP contribution in [0, 0.1) is 17.6 Å². The number of ketones is 1. The van der Waals surface area contributed by atoms with Gasteiger partial charge >= 0.3 is 0 Å². The molecule has 9 nitrogen and oxygen atoms in total. The van der Waals surface area contributed by atoms with Gasteiger partial charge in [-0.3, -0.25) is 14.6 Å². The van der Waals surface area contributed by atoms with Gasteiger partial charge in [0.15, 0.2) is 5.78 Å². The van der Waals surface area contributed by atoms with Gasteiger partial charge in [0.1, 0.15) is 40.5 Å². The third-order valence-electron chi connectivity index (χ3n) is 7.12. The molecule has 0 radical (unpaired) electrons. The number of aromatic hydroxyl groups is 1. The van der Waals surface area contributed by atoms with E-state index >= 15 is 4.39 Å². The summed E-state index contributed by atoms with van der Waals surface area (Å²) >= 11 is 0. The molecule has 1 aliphatic heterocycles. The lowest BCUT2D eigenvalue weighted by Gasteiger charge is -2.36. The van der Waals surface area contributed by atoms with E-state index in [1.807, 2.05) is 0 Å². The monoisotopic (exact) mass is 525 g/mol. The van der Waals surface area contributed by atoms with Crippen LogP contribution in [0.1, 0.15) is 47.3 Å². The molecule has 1 unspecified atom stereocenters. The number of nitrogens with zero attached hydrogens (tertiary/aromatic N) is 2. The minimum atomic E-state index is -1.45. The maximum absolute atomic E-state index is 15.0. The fraction of sp³-hybridized carbons (Fsp3) is 0.333. The first-order valence-electron chi connectivity index (χ1n) is 12.0. The molecule has 1 saturated heterocycles. The maximum Gasteiger partial charge on any atom is 0.274 e. The summed E-state index contributed by atoms with van der Waals surface area (Å²) < 4.78 is 34.7. The van der Waals surface area contributed by atoms with Crippen LogP contribution in [0.25, 0.3) is 11.3 Å². The van der Waals surface area contributed by atoms with E-state index in [2.05, 4.69) is 15.3 Å². The van der Waals surface area contributed by atoms with Crippen molar-refractivity contribution in [2.24, 2.45) is 5.92 Å². The zero-order valence-electron chi connectivity index (χ0n) is 20.3. The second-order valence-corrected chi connectivity index (χ2v) is 9.85. The van der Waals surface area contributed by atoms with Crippen molar-refractivity contribution in [2.45, 2.75) is 37.4 Å². The van der Waals surface area contributed by atoms with Crippen molar-refractivity contribution in [1.29, 1.82) is 0 Å². The first-order chi connectivity index (χ1) is 18.1.